The van der Waals surface area contributed by atoms with Crippen LogP contribution in [0.3, 0.4) is 0 Å². The Balaban J connectivity index is 1.71. The average Bonchev–Trinajstić information content (AvgIpc) is 3.00. The van der Waals surface area contributed by atoms with Gasteiger partial charge in [-0.15, -0.1) is 0 Å². The van der Waals surface area contributed by atoms with Gasteiger partial charge in [0.2, 0.25) is 0 Å². The highest BCUT2D eigenvalue weighted by molar-refractivity contribution is 5.87. The van der Waals surface area contributed by atoms with E-state index in [1.165, 1.54) is 0 Å². The molecule has 1 aliphatic rings. The van der Waals surface area contributed by atoms with Crippen LogP contribution in [0.1, 0.15) is 45.6 Å². The van der Waals surface area contributed by atoms with Gasteiger partial charge in [0, 0.05) is 0 Å². The van der Waals surface area contributed by atoms with E-state index in [1.54, 1.807) is 20.8 Å². The van der Waals surface area contributed by atoms with Crippen LogP contribution in [0, 0.1) is 5.92 Å². The van der Waals surface area contributed by atoms with Crippen molar-refractivity contribution in [1.82, 2.24) is 5.32 Å². The van der Waals surface area contributed by atoms with Crippen LogP contribution in [0.25, 0.3) is 0 Å². The van der Waals surface area contributed by atoms with Crippen LogP contribution in [0.15, 0.2) is 30.3 Å². The molecule has 1 aromatic carbocycles. The van der Waals surface area contributed by atoms with E-state index in [9.17, 15) is 14.4 Å². The maximum absolute atomic E-state index is 12.1. The number of carbonyl (C=O) groups is 3. The van der Waals surface area contributed by atoms with Gasteiger partial charge in [0.05, 0.1) is 5.92 Å². The van der Waals surface area contributed by atoms with Crippen molar-refractivity contribution < 1.29 is 28.6 Å². The van der Waals surface area contributed by atoms with Crippen LogP contribution in [0.4, 0.5) is 9.59 Å². The summed E-state index contributed by atoms with van der Waals surface area (Å²) in [5.74, 6) is -0.606. The minimum atomic E-state index is -0.873. The summed E-state index contributed by atoms with van der Waals surface area (Å²) < 4.78 is 15.5. The second-order valence-corrected chi connectivity index (χ2v) is 7.26. The first-order valence-corrected chi connectivity index (χ1v) is 8.64. The molecule has 1 N–H and O–H groups in total. The Morgan fingerprint density at radius 1 is 1.08 bits per heavy atom. The average molecular weight is 363 g/mol. The van der Waals surface area contributed by atoms with Gasteiger partial charge in [0.25, 0.3) is 0 Å². The molecule has 7 heteroatoms. The minimum absolute atomic E-state index is 0.223. The van der Waals surface area contributed by atoms with E-state index in [1.807, 2.05) is 35.6 Å². The summed E-state index contributed by atoms with van der Waals surface area (Å²) in [7, 11) is 0. The van der Waals surface area contributed by atoms with Gasteiger partial charge in [-0.3, -0.25) is 4.79 Å². The summed E-state index contributed by atoms with van der Waals surface area (Å²) in [4.78, 5) is 35.4. The molecule has 2 amide bonds. The van der Waals surface area contributed by atoms with Crippen molar-refractivity contribution in [3.8, 4) is 0 Å². The number of benzene rings is 1. The number of nitrogens with one attached hydrogen (secondary N) is 1. The normalized spacial score (nSPS) is 19.5. The van der Waals surface area contributed by atoms with Crippen LogP contribution < -0.4 is 5.32 Å². The van der Waals surface area contributed by atoms with Crippen molar-refractivity contribution in [2.24, 2.45) is 5.92 Å². The van der Waals surface area contributed by atoms with Crippen molar-refractivity contribution in [2.75, 3.05) is 0 Å². The molecule has 1 saturated carbocycles. The van der Waals surface area contributed by atoms with E-state index in [0.717, 1.165) is 5.56 Å². The fourth-order valence-electron chi connectivity index (χ4n) is 2.68. The van der Waals surface area contributed by atoms with E-state index in [4.69, 9.17) is 14.2 Å². The Hall–Kier alpha value is -2.57. The monoisotopic (exact) mass is 363 g/mol. The highest BCUT2D eigenvalue weighted by atomic mass is 16.6. The molecule has 2 atom stereocenters. The lowest BCUT2D eigenvalue weighted by Crippen LogP contribution is -2.37. The SMILES string of the molecule is CC(C)(C)OC(=O)NC(=O)OC1CCC(C(=O)OCc2ccccc2)C1. The molecule has 1 aromatic rings. The number of hydrogen-bond donors (Lipinski definition) is 1. The number of carbonyl (C=O) groups excluding carboxylic acids is 3. The Morgan fingerprint density at radius 2 is 1.77 bits per heavy atom. The molecule has 0 saturated heterocycles. The van der Waals surface area contributed by atoms with E-state index < -0.39 is 23.9 Å². The fourth-order valence-corrected chi connectivity index (χ4v) is 2.68. The fraction of sp³-hybridized carbons (Fsp3) is 0.526. The highest BCUT2D eigenvalue weighted by Gasteiger charge is 2.33. The zero-order valence-corrected chi connectivity index (χ0v) is 15.3. The standard InChI is InChI=1S/C19H25NO6/c1-19(2,3)26-18(23)20-17(22)25-15-10-9-14(11-15)16(21)24-12-13-7-5-4-6-8-13/h4-8,14-15H,9-12H2,1-3H3,(H,20,22,23). The molecule has 26 heavy (non-hydrogen) atoms. The summed E-state index contributed by atoms with van der Waals surface area (Å²) >= 11 is 0. The molecular formula is C19H25NO6. The summed E-state index contributed by atoms with van der Waals surface area (Å²) in [5.41, 5.74) is 0.217. The lowest BCUT2D eigenvalue weighted by molar-refractivity contribution is -0.149. The van der Waals surface area contributed by atoms with E-state index in [0.29, 0.717) is 19.3 Å². The number of imide groups is 1. The van der Waals surface area contributed by atoms with Gasteiger partial charge >= 0.3 is 18.2 Å². The molecule has 2 rings (SSSR count). The molecule has 0 heterocycles. The Kier molecular flexibility index (Phi) is 6.60. The van der Waals surface area contributed by atoms with Crippen LogP contribution in [0.5, 0.6) is 0 Å². The molecular weight excluding hydrogens is 338 g/mol. The quantitative estimate of drug-likeness (QED) is 0.650. The number of esters is 1. The first-order valence-electron chi connectivity index (χ1n) is 8.64. The van der Waals surface area contributed by atoms with Crippen molar-refractivity contribution in [3.05, 3.63) is 35.9 Å². The van der Waals surface area contributed by atoms with Crippen LogP contribution in [-0.4, -0.2) is 29.9 Å². The van der Waals surface area contributed by atoms with Gasteiger partial charge in [-0.2, -0.15) is 0 Å². The molecule has 7 nitrogen and oxygen atoms in total. The predicted molar refractivity (Wildman–Crippen MR) is 93.2 cm³/mol. The largest absolute Gasteiger partial charge is 0.461 e. The first-order chi connectivity index (χ1) is 12.2. The Labute approximate surface area is 153 Å². The van der Waals surface area contributed by atoms with Crippen molar-refractivity contribution >= 4 is 18.2 Å². The number of rotatable bonds is 4. The van der Waals surface area contributed by atoms with Gasteiger partial charge in [-0.1, -0.05) is 30.3 Å². The second kappa shape index (κ2) is 8.69. The lowest BCUT2D eigenvalue weighted by atomic mass is 10.1. The number of ether oxygens (including phenoxy) is 3. The van der Waals surface area contributed by atoms with Crippen molar-refractivity contribution in [3.63, 3.8) is 0 Å². The highest BCUT2D eigenvalue weighted by Crippen LogP contribution is 2.29. The van der Waals surface area contributed by atoms with E-state index >= 15 is 0 Å². The zero-order chi connectivity index (χ0) is 19.2. The van der Waals surface area contributed by atoms with Gasteiger partial charge < -0.3 is 14.2 Å². The second-order valence-electron chi connectivity index (χ2n) is 7.26. The maximum Gasteiger partial charge on any atom is 0.417 e. The predicted octanol–water partition coefficient (Wildman–Crippen LogP) is 3.56. The molecule has 0 spiro atoms. The van der Waals surface area contributed by atoms with Gasteiger partial charge in [-0.05, 0) is 45.6 Å². The maximum atomic E-state index is 12.1. The van der Waals surface area contributed by atoms with E-state index in [-0.39, 0.29) is 18.5 Å². The van der Waals surface area contributed by atoms with Crippen LogP contribution in [0.2, 0.25) is 0 Å². The molecule has 1 aliphatic carbocycles. The van der Waals surface area contributed by atoms with Crippen molar-refractivity contribution in [2.45, 2.75) is 58.3 Å². The molecule has 0 bridgehead atoms. The molecule has 1 fully saturated rings. The number of amides is 2. The Bertz CT molecular complexity index is 637. The summed E-state index contributed by atoms with van der Waals surface area (Å²) in [5, 5.41) is 2.02. The summed E-state index contributed by atoms with van der Waals surface area (Å²) in [6.07, 6.45) is -0.645. The van der Waals surface area contributed by atoms with Crippen molar-refractivity contribution in [1.29, 1.82) is 0 Å². The molecule has 0 aromatic heterocycles. The Morgan fingerprint density at radius 3 is 2.42 bits per heavy atom. The summed E-state index contributed by atoms with van der Waals surface area (Å²) in [6.45, 7) is 5.31. The lowest BCUT2D eigenvalue weighted by Gasteiger charge is -2.19. The smallest absolute Gasteiger partial charge is 0.417 e. The van der Waals surface area contributed by atoms with Crippen LogP contribution >= 0.6 is 0 Å². The first kappa shape index (κ1) is 19.8. The minimum Gasteiger partial charge on any atom is -0.461 e. The topological polar surface area (TPSA) is 90.9 Å². The number of alkyl carbamates (subject to hydrolysis) is 2. The molecule has 2 unspecified atom stereocenters. The van der Waals surface area contributed by atoms with E-state index in [2.05, 4.69) is 0 Å². The third-order valence-electron chi connectivity index (χ3n) is 3.82. The van der Waals surface area contributed by atoms with Crippen LogP contribution in [-0.2, 0) is 25.6 Å². The molecule has 142 valence electrons. The van der Waals surface area contributed by atoms with Gasteiger partial charge in [0.1, 0.15) is 18.3 Å². The molecule has 0 radical (unpaired) electrons. The van der Waals surface area contributed by atoms with Gasteiger partial charge in [-0.25, -0.2) is 14.9 Å². The third kappa shape index (κ3) is 6.74. The third-order valence-corrected chi connectivity index (χ3v) is 3.82. The van der Waals surface area contributed by atoms with Gasteiger partial charge in [0.15, 0.2) is 0 Å². The zero-order valence-electron chi connectivity index (χ0n) is 15.3. The molecule has 0 aliphatic heterocycles. The summed E-state index contributed by atoms with van der Waals surface area (Å²) in [6, 6.07) is 9.42. The number of hydrogen-bond acceptors (Lipinski definition) is 6.